The van der Waals surface area contributed by atoms with Crippen LogP contribution in [0, 0.1) is 6.92 Å². The van der Waals surface area contributed by atoms with Crippen LogP contribution in [0.2, 0.25) is 10.0 Å². The van der Waals surface area contributed by atoms with Gasteiger partial charge in [0, 0.05) is 26.3 Å². The molecule has 2 aromatic carbocycles. The fourth-order valence-electron chi connectivity index (χ4n) is 3.17. The summed E-state index contributed by atoms with van der Waals surface area (Å²) in [5, 5.41) is 7.09. The molecule has 0 bridgehead atoms. The second kappa shape index (κ2) is 10.5. The zero-order valence-electron chi connectivity index (χ0n) is 17.5. The zero-order chi connectivity index (χ0) is 22.4. The minimum Gasteiger partial charge on any atom is -0.376 e. The number of hydrogen-bond acceptors (Lipinski definition) is 3. The van der Waals surface area contributed by atoms with Gasteiger partial charge in [0.2, 0.25) is 0 Å². The van der Waals surface area contributed by atoms with Gasteiger partial charge in [0.05, 0.1) is 15.6 Å². The number of rotatable bonds is 8. The van der Waals surface area contributed by atoms with Crippen LogP contribution in [0.4, 0.5) is 5.69 Å². The lowest BCUT2D eigenvalue weighted by atomic mass is 10.1. The predicted molar refractivity (Wildman–Crippen MR) is 127 cm³/mol. The van der Waals surface area contributed by atoms with E-state index in [1.165, 1.54) is 10.1 Å². The van der Waals surface area contributed by atoms with E-state index in [0.29, 0.717) is 34.4 Å². The van der Waals surface area contributed by atoms with Gasteiger partial charge in [0.25, 0.3) is 11.5 Å². The summed E-state index contributed by atoms with van der Waals surface area (Å²) in [5.74, 6) is -0.279. The topological polar surface area (TPSA) is 63.1 Å². The number of carbonyl (C=O) groups is 1. The van der Waals surface area contributed by atoms with E-state index < -0.39 is 0 Å². The Morgan fingerprint density at radius 2 is 1.71 bits per heavy atom. The van der Waals surface area contributed by atoms with Crippen LogP contribution in [0.5, 0.6) is 0 Å². The molecule has 162 valence electrons. The van der Waals surface area contributed by atoms with Gasteiger partial charge in [-0.05, 0) is 49.1 Å². The molecule has 0 unspecified atom stereocenters. The molecule has 0 saturated heterocycles. The Balaban J connectivity index is 1.63. The van der Waals surface area contributed by atoms with E-state index in [4.69, 9.17) is 23.2 Å². The van der Waals surface area contributed by atoms with Gasteiger partial charge in [-0.1, -0.05) is 59.1 Å². The highest BCUT2D eigenvalue weighted by atomic mass is 35.5. The van der Waals surface area contributed by atoms with Crippen molar-refractivity contribution in [3.63, 3.8) is 0 Å². The molecule has 0 aliphatic heterocycles. The van der Waals surface area contributed by atoms with E-state index in [9.17, 15) is 9.59 Å². The molecule has 3 rings (SSSR count). The molecule has 0 atom stereocenters. The van der Waals surface area contributed by atoms with Crippen molar-refractivity contribution in [2.75, 3.05) is 11.9 Å². The minimum atomic E-state index is -0.279. The molecule has 0 aliphatic carbocycles. The highest BCUT2D eigenvalue weighted by molar-refractivity contribution is 6.42. The lowest BCUT2D eigenvalue weighted by Crippen LogP contribution is -2.30. The number of pyridine rings is 1. The Morgan fingerprint density at radius 1 is 1.00 bits per heavy atom. The largest absolute Gasteiger partial charge is 0.376 e. The maximum absolute atomic E-state index is 12.8. The number of aromatic nitrogens is 1. The molecule has 5 nitrogen and oxygen atoms in total. The Hall–Kier alpha value is -2.76. The maximum atomic E-state index is 12.8. The number of hydrogen-bond donors (Lipinski definition) is 2. The molecule has 3 aromatic rings. The van der Waals surface area contributed by atoms with E-state index in [1.54, 1.807) is 25.4 Å². The molecule has 1 aromatic heterocycles. The molecule has 2 N–H and O–H groups in total. The number of benzene rings is 2. The van der Waals surface area contributed by atoms with Crippen LogP contribution in [0.1, 0.15) is 33.5 Å². The first kappa shape index (κ1) is 22.9. The first-order valence-electron chi connectivity index (χ1n) is 10.1. The molecule has 0 aliphatic rings. The molecular weight excluding hydrogens is 433 g/mol. The van der Waals surface area contributed by atoms with Crippen LogP contribution >= 0.6 is 23.2 Å². The average Bonchev–Trinajstić information content (AvgIpc) is 2.75. The van der Waals surface area contributed by atoms with Gasteiger partial charge in [-0.25, -0.2) is 0 Å². The summed E-state index contributed by atoms with van der Waals surface area (Å²) in [5.41, 5.74) is 3.65. The van der Waals surface area contributed by atoms with Crippen molar-refractivity contribution in [2.45, 2.75) is 26.3 Å². The Morgan fingerprint density at radius 3 is 2.42 bits per heavy atom. The van der Waals surface area contributed by atoms with Gasteiger partial charge in [-0.15, -0.1) is 0 Å². The lowest BCUT2D eigenvalue weighted by molar-refractivity contribution is 0.0953. The third-order valence-corrected chi connectivity index (χ3v) is 5.75. The van der Waals surface area contributed by atoms with Crippen LogP contribution in [0.25, 0.3) is 0 Å². The third kappa shape index (κ3) is 6.12. The smallest absolute Gasteiger partial charge is 0.274 e. The van der Waals surface area contributed by atoms with Crippen molar-refractivity contribution >= 4 is 34.8 Å². The van der Waals surface area contributed by atoms with Crippen molar-refractivity contribution in [1.29, 1.82) is 0 Å². The van der Waals surface area contributed by atoms with Crippen molar-refractivity contribution in [2.24, 2.45) is 7.05 Å². The van der Waals surface area contributed by atoms with Gasteiger partial charge in [-0.3, -0.25) is 9.59 Å². The summed E-state index contributed by atoms with van der Waals surface area (Å²) in [4.78, 5) is 25.4. The molecule has 31 heavy (non-hydrogen) atoms. The second-order valence-corrected chi connectivity index (χ2v) is 8.28. The quantitative estimate of drug-likeness (QED) is 0.469. The SMILES string of the molecule is Cc1ccc(CNc2c(C(=O)NCCCc3ccc(Cl)c(Cl)c3)ccn(C)c2=O)cc1. The van der Waals surface area contributed by atoms with Crippen molar-refractivity contribution in [3.8, 4) is 0 Å². The van der Waals surface area contributed by atoms with Gasteiger partial charge in [0.1, 0.15) is 5.69 Å². The molecule has 0 spiro atoms. The molecular formula is C24H25Cl2N3O2. The number of amides is 1. The van der Waals surface area contributed by atoms with E-state index in [2.05, 4.69) is 10.6 Å². The number of aryl methyl sites for hydroxylation is 3. The monoisotopic (exact) mass is 457 g/mol. The number of anilines is 1. The molecule has 0 saturated carbocycles. The summed E-state index contributed by atoms with van der Waals surface area (Å²) in [7, 11) is 1.67. The Bertz CT molecular complexity index is 1120. The Labute approximate surface area is 192 Å². The summed E-state index contributed by atoms with van der Waals surface area (Å²) < 4.78 is 1.46. The third-order valence-electron chi connectivity index (χ3n) is 5.01. The molecule has 1 heterocycles. The van der Waals surface area contributed by atoms with Crippen molar-refractivity contribution in [1.82, 2.24) is 9.88 Å². The number of nitrogens with one attached hydrogen (secondary N) is 2. The first-order valence-corrected chi connectivity index (χ1v) is 10.8. The highest BCUT2D eigenvalue weighted by Gasteiger charge is 2.15. The summed E-state index contributed by atoms with van der Waals surface area (Å²) in [6, 6.07) is 15.2. The zero-order valence-corrected chi connectivity index (χ0v) is 19.1. The second-order valence-electron chi connectivity index (χ2n) is 7.47. The predicted octanol–water partition coefficient (Wildman–Crippen LogP) is 4.98. The molecule has 0 fully saturated rings. The van der Waals surface area contributed by atoms with E-state index in [1.807, 2.05) is 43.3 Å². The summed E-state index contributed by atoms with van der Waals surface area (Å²) in [6.07, 6.45) is 3.09. The number of nitrogens with zero attached hydrogens (tertiary/aromatic N) is 1. The van der Waals surface area contributed by atoms with Gasteiger partial charge >= 0.3 is 0 Å². The van der Waals surface area contributed by atoms with Crippen molar-refractivity contribution in [3.05, 3.63) is 97.4 Å². The molecule has 0 radical (unpaired) electrons. The Kier molecular flexibility index (Phi) is 7.77. The van der Waals surface area contributed by atoms with Crippen molar-refractivity contribution < 1.29 is 4.79 Å². The maximum Gasteiger partial charge on any atom is 0.274 e. The first-order chi connectivity index (χ1) is 14.8. The van der Waals surface area contributed by atoms with E-state index >= 15 is 0 Å². The van der Waals surface area contributed by atoms with Gasteiger partial charge in [0.15, 0.2) is 0 Å². The van der Waals surface area contributed by atoms with E-state index in [-0.39, 0.29) is 11.5 Å². The number of carbonyl (C=O) groups excluding carboxylic acids is 1. The fraction of sp³-hybridized carbons (Fsp3) is 0.250. The molecule has 1 amide bonds. The highest BCUT2D eigenvalue weighted by Crippen LogP contribution is 2.23. The fourth-order valence-corrected chi connectivity index (χ4v) is 3.49. The van der Waals surface area contributed by atoms with Gasteiger partial charge < -0.3 is 15.2 Å². The van der Waals surface area contributed by atoms with Crippen LogP contribution in [-0.4, -0.2) is 17.0 Å². The summed E-state index contributed by atoms with van der Waals surface area (Å²) >= 11 is 12.0. The van der Waals surface area contributed by atoms with E-state index in [0.717, 1.165) is 24.0 Å². The lowest BCUT2D eigenvalue weighted by Gasteiger charge is -2.13. The average molecular weight is 458 g/mol. The van der Waals surface area contributed by atoms with Crippen LogP contribution in [-0.2, 0) is 20.0 Å². The van der Waals surface area contributed by atoms with Crippen LogP contribution in [0.15, 0.2) is 59.5 Å². The van der Waals surface area contributed by atoms with Gasteiger partial charge in [-0.2, -0.15) is 0 Å². The minimum absolute atomic E-state index is 0.240. The standard InChI is InChI=1S/C24H25Cl2N3O2/c1-16-5-7-18(8-6-16)15-28-22-19(11-13-29(2)24(22)31)23(30)27-12-3-4-17-9-10-20(25)21(26)14-17/h5-11,13-14,28H,3-4,12,15H2,1-2H3,(H,27,30). The van der Waals surface area contributed by atoms with Crippen LogP contribution < -0.4 is 16.2 Å². The number of halogens is 2. The molecule has 7 heteroatoms. The normalized spacial score (nSPS) is 10.7. The summed E-state index contributed by atoms with van der Waals surface area (Å²) in [6.45, 7) is 2.96. The van der Waals surface area contributed by atoms with Crippen LogP contribution in [0.3, 0.4) is 0 Å².